The van der Waals surface area contributed by atoms with Gasteiger partial charge in [-0.25, -0.2) is 4.98 Å². The Morgan fingerprint density at radius 1 is 1.12 bits per heavy atom. The highest BCUT2D eigenvalue weighted by atomic mass is 35.5. The standard InChI is InChI=1S/C18H14Cl2F2N2OS/c19-10-6-8-11(9-7-10)24-16(25)14-12-4-2-1-3-5-13(12)26-15(14)23-17(24)18(20,21)22/h6-9H,1-5H2. The van der Waals surface area contributed by atoms with Crippen molar-refractivity contribution in [3.63, 3.8) is 0 Å². The van der Waals surface area contributed by atoms with E-state index >= 15 is 0 Å². The average Bonchev–Trinajstić information content (AvgIpc) is 2.77. The zero-order valence-corrected chi connectivity index (χ0v) is 15.9. The Kier molecular flexibility index (Phi) is 4.53. The predicted molar refractivity (Wildman–Crippen MR) is 101 cm³/mol. The van der Waals surface area contributed by atoms with Crippen LogP contribution in [0.1, 0.15) is 35.5 Å². The van der Waals surface area contributed by atoms with E-state index < -0.39 is 16.8 Å². The fourth-order valence-corrected chi connectivity index (χ4v) is 4.91. The first kappa shape index (κ1) is 17.9. The van der Waals surface area contributed by atoms with Crippen molar-refractivity contribution in [1.29, 1.82) is 0 Å². The summed E-state index contributed by atoms with van der Waals surface area (Å²) in [6.07, 6.45) is 4.72. The van der Waals surface area contributed by atoms with E-state index in [4.69, 9.17) is 23.2 Å². The largest absolute Gasteiger partial charge is 0.380 e. The molecular weight excluding hydrogens is 401 g/mol. The molecule has 1 aliphatic carbocycles. The van der Waals surface area contributed by atoms with Crippen LogP contribution in [-0.2, 0) is 18.2 Å². The predicted octanol–water partition coefficient (Wildman–Crippen LogP) is 5.66. The van der Waals surface area contributed by atoms with Crippen molar-refractivity contribution >= 4 is 44.8 Å². The van der Waals surface area contributed by atoms with Gasteiger partial charge in [0.05, 0.1) is 11.1 Å². The molecule has 26 heavy (non-hydrogen) atoms. The number of alkyl halides is 3. The summed E-state index contributed by atoms with van der Waals surface area (Å²) in [5, 5.41) is -2.89. The lowest BCUT2D eigenvalue weighted by Gasteiger charge is -2.16. The molecule has 4 rings (SSSR count). The molecule has 0 saturated carbocycles. The second-order valence-electron chi connectivity index (χ2n) is 6.29. The summed E-state index contributed by atoms with van der Waals surface area (Å²) in [6, 6.07) is 6.10. The van der Waals surface area contributed by atoms with Gasteiger partial charge in [0.15, 0.2) is 0 Å². The summed E-state index contributed by atoms with van der Waals surface area (Å²) >= 11 is 12.5. The fourth-order valence-electron chi connectivity index (χ4n) is 3.40. The molecule has 0 atom stereocenters. The summed E-state index contributed by atoms with van der Waals surface area (Å²) in [5.74, 6) is -0.768. The maximum absolute atomic E-state index is 14.1. The van der Waals surface area contributed by atoms with Crippen LogP contribution in [0.2, 0.25) is 5.02 Å². The second kappa shape index (κ2) is 6.59. The quantitative estimate of drug-likeness (QED) is 0.400. The Balaban J connectivity index is 2.07. The molecule has 0 amide bonds. The fraction of sp³-hybridized carbons (Fsp3) is 0.333. The van der Waals surface area contributed by atoms with Crippen LogP contribution in [0, 0.1) is 0 Å². The molecule has 0 spiro atoms. The van der Waals surface area contributed by atoms with E-state index in [0.717, 1.165) is 47.1 Å². The third-order valence-electron chi connectivity index (χ3n) is 4.58. The lowest BCUT2D eigenvalue weighted by atomic mass is 10.1. The molecule has 136 valence electrons. The molecule has 8 heteroatoms. The number of fused-ring (bicyclic) bond motifs is 3. The van der Waals surface area contributed by atoms with Crippen molar-refractivity contribution in [3.8, 4) is 5.69 Å². The van der Waals surface area contributed by atoms with Crippen LogP contribution < -0.4 is 5.56 Å². The minimum absolute atomic E-state index is 0.262. The Hall–Kier alpha value is -1.50. The van der Waals surface area contributed by atoms with Gasteiger partial charge in [0.25, 0.3) is 5.56 Å². The van der Waals surface area contributed by atoms with Crippen molar-refractivity contribution in [2.75, 3.05) is 0 Å². The van der Waals surface area contributed by atoms with Crippen LogP contribution in [0.25, 0.3) is 15.9 Å². The maximum Gasteiger partial charge on any atom is 0.380 e. The molecule has 3 nitrogen and oxygen atoms in total. The van der Waals surface area contributed by atoms with Crippen molar-refractivity contribution in [3.05, 3.63) is 55.9 Å². The molecule has 0 radical (unpaired) electrons. The van der Waals surface area contributed by atoms with Gasteiger partial charge in [-0.15, -0.1) is 11.3 Å². The number of benzene rings is 1. The Bertz CT molecular complexity index is 1040. The van der Waals surface area contributed by atoms with Gasteiger partial charge < -0.3 is 0 Å². The topological polar surface area (TPSA) is 34.9 Å². The van der Waals surface area contributed by atoms with Gasteiger partial charge in [-0.1, -0.05) is 18.0 Å². The molecule has 2 aromatic heterocycles. The molecule has 1 aliphatic rings. The first-order valence-corrected chi connectivity index (χ1v) is 9.84. The summed E-state index contributed by atoms with van der Waals surface area (Å²) in [5.41, 5.74) is 0.705. The van der Waals surface area contributed by atoms with Gasteiger partial charge in [0.2, 0.25) is 5.82 Å². The van der Waals surface area contributed by atoms with Gasteiger partial charge in [-0.2, -0.15) is 8.78 Å². The van der Waals surface area contributed by atoms with Crippen LogP contribution in [0.5, 0.6) is 0 Å². The monoisotopic (exact) mass is 414 g/mol. The number of halogens is 4. The highest BCUT2D eigenvalue weighted by Gasteiger charge is 2.36. The lowest BCUT2D eigenvalue weighted by Crippen LogP contribution is -2.28. The maximum atomic E-state index is 14.1. The Labute approximate surface area is 162 Å². The number of aromatic nitrogens is 2. The first-order chi connectivity index (χ1) is 12.4. The van der Waals surface area contributed by atoms with Crippen molar-refractivity contribution in [2.24, 2.45) is 0 Å². The van der Waals surface area contributed by atoms with Gasteiger partial charge >= 0.3 is 5.38 Å². The van der Waals surface area contributed by atoms with Crippen molar-refractivity contribution in [1.82, 2.24) is 9.55 Å². The van der Waals surface area contributed by atoms with Gasteiger partial charge in [-0.3, -0.25) is 9.36 Å². The Morgan fingerprint density at radius 3 is 2.50 bits per heavy atom. The number of thiophene rings is 1. The zero-order valence-electron chi connectivity index (χ0n) is 13.6. The van der Waals surface area contributed by atoms with Crippen LogP contribution in [0.15, 0.2) is 29.1 Å². The van der Waals surface area contributed by atoms with Crippen LogP contribution in [0.4, 0.5) is 8.78 Å². The molecule has 1 aromatic carbocycles. The van der Waals surface area contributed by atoms with E-state index in [1.54, 1.807) is 0 Å². The number of nitrogens with zero attached hydrogens (tertiary/aromatic N) is 2. The SMILES string of the molecule is O=c1c2c3c(sc2nc(C(F)(F)Cl)n1-c1ccc(Cl)cc1)CCCCC3. The summed E-state index contributed by atoms with van der Waals surface area (Å²) in [4.78, 5) is 18.7. The summed E-state index contributed by atoms with van der Waals surface area (Å²) in [6.45, 7) is 0. The van der Waals surface area contributed by atoms with E-state index in [-0.39, 0.29) is 5.69 Å². The number of hydrogen-bond donors (Lipinski definition) is 0. The van der Waals surface area contributed by atoms with Crippen LogP contribution >= 0.6 is 34.5 Å². The van der Waals surface area contributed by atoms with Gasteiger partial charge in [-0.05, 0) is 67.1 Å². The minimum Gasteiger partial charge on any atom is -0.268 e. The molecule has 0 N–H and O–H groups in total. The average molecular weight is 415 g/mol. The van der Waals surface area contributed by atoms with Crippen LogP contribution in [0.3, 0.4) is 0 Å². The molecule has 0 unspecified atom stereocenters. The first-order valence-electron chi connectivity index (χ1n) is 8.26. The molecule has 0 aliphatic heterocycles. The van der Waals surface area contributed by atoms with Crippen molar-refractivity contribution < 1.29 is 8.78 Å². The van der Waals surface area contributed by atoms with Gasteiger partial charge in [0, 0.05) is 9.90 Å². The number of rotatable bonds is 2. The lowest BCUT2D eigenvalue weighted by molar-refractivity contribution is 0.0817. The Morgan fingerprint density at radius 2 is 1.81 bits per heavy atom. The smallest absolute Gasteiger partial charge is 0.268 e. The molecule has 0 fully saturated rings. The molecule has 2 heterocycles. The second-order valence-corrected chi connectivity index (χ2v) is 8.29. The van der Waals surface area contributed by atoms with E-state index in [2.05, 4.69) is 4.98 Å². The third-order valence-corrected chi connectivity index (χ3v) is 6.18. The zero-order chi connectivity index (χ0) is 18.5. The van der Waals surface area contributed by atoms with Crippen LogP contribution in [-0.4, -0.2) is 9.55 Å². The van der Waals surface area contributed by atoms with E-state index in [0.29, 0.717) is 15.2 Å². The molecular formula is C18H14Cl2F2N2OS. The molecule has 0 bridgehead atoms. The summed E-state index contributed by atoms with van der Waals surface area (Å²) < 4.78 is 29.0. The van der Waals surface area contributed by atoms with E-state index in [1.165, 1.54) is 35.6 Å². The van der Waals surface area contributed by atoms with E-state index in [1.807, 2.05) is 0 Å². The highest BCUT2D eigenvalue weighted by molar-refractivity contribution is 7.18. The number of aryl methyl sites for hydroxylation is 2. The normalized spacial score (nSPS) is 15.1. The number of hydrogen-bond acceptors (Lipinski definition) is 3. The third kappa shape index (κ3) is 3.04. The minimum atomic E-state index is -3.77. The van der Waals surface area contributed by atoms with Gasteiger partial charge in [0.1, 0.15) is 4.83 Å². The van der Waals surface area contributed by atoms with E-state index in [9.17, 15) is 13.6 Å². The summed E-state index contributed by atoms with van der Waals surface area (Å²) in [7, 11) is 0. The van der Waals surface area contributed by atoms with Crippen molar-refractivity contribution in [2.45, 2.75) is 37.5 Å². The molecule has 3 aromatic rings. The highest BCUT2D eigenvalue weighted by Crippen LogP contribution is 2.37. The molecule has 0 saturated heterocycles.